The molecule has 0 radical (unpaired) electrons. The Morgan fingerprint density at radius 2 is 2.33 bits per heavy atom. The van der Waals surface area contributed by atoms with E-state index in [2.05, 4.69) is 4.98 Å². The Morgan fingerprint density at radius 1 is 1.67 bits per heavy atom. The Hall–Kier alpha value is -1.22. The summed E-state index contributed by atoms with van der Waals surface area (Å²) in [6.07, 6.45) is 1.92. The molecule has 0 aliphatic rings. The van der Waals surface area contributed by atoms with Crippen LogP contribution in [0.2, 0.25) is 5.15 Å². The Bertz CT molecular complexity index is 336. The Balaban J connectivity index is 3.22. The number of Topliss-reactive ketones (excluding diaryl/α,β-unsaturated/α-hetero) is 1. The summed E-state index contributed by atoms with van der Waals surface area (Å²) in [6.45, 7) is 1.40. The van der Waals surface area contributed by atoms with Gasteiger partial charge in [0.05, 0.1) is 5.56 Å². The predicted octanol–water partition coefficient (Wildman–Crippen LogP) is 1.75. The van der Waals surface area contributed by atoms with Gasteiger partial charge in [0.25, 0.3) is 0 Å². The fourth-order valence-electron chi connectivity index (χ4n) is 0.740. The van der Waals surface area contributed by atoms with Gasteiger partial charge in [-0.25, -0.2) is 4.98 Å². The lowest BCUT2D eigenvalue weighted by Crippen LogP contribution is -1.96. The number of hydrogen-bond acceptors (Lipinski definition) is 3. The molecule has 0 amide bonds. The van der Waals surface area contributed by atoms with Crippen LogP contribution < -0.4 is 0 Å². The molecule has 12 heavy (non-hydrogen) atoms. The number of halogens is 1. The summed E-state index contributed by atoms with van der Waals surface area (Å²) in [5, 5.41) is 0.120. The highest BCUT2D eigenvalue weighted by atomic mass is 35.5. The molecule has 0 aliphatic carbocycles. The van der Waals surface area contributed by atoms with Crippen molar-refractivity contribution in [2.45, 2.75) is 6.92 Å². The van der Waals surface area contributed by atoms with E-state index in [0.717, 1.165) is 0 Å². The van der Waals surface area contributed by atoms with E-state index in [1.807, 2.05) is 0 Å². The van der Waals surface area contributed by atoms with E-state index in [-0.39, 0.29) is 16.5 Å². The van der Waals surface area contributed by atoms with E-state index in [9.17, 15) is 9.59 Å². The Morgan fingerprint density at radius 3 is 2.83 bits per heavy atom. The third-order valence-electron chi connectivity index (χ3n) is 1.40. The summed E-state index contributed by atoms with van der Waals surface area (Å²) < 4.78 is 0. The van der Waals surface area contributed by atoms with Crippen molar-refractivity contribution in [2.75, 3.05) is 0 Å². The van der Waals surface area contributed by atoms with Gasteiger partial charge in [-0.1, -0.05) is 11.6 Å². The molecule has 0 spiro atoms. The minimum Gasteiger partial charge on any atom is -0.298 e. The number of aldehydes is 1. The van der Waals surface area contributed by atoms with Gasteiger partial charge in [-0.05, 0) is 13.0 Å². The zero-order valence-electron chi connectivity index (χ0n) is 6.37. The highest BCUT2D eigenvalue weighted by molar-refractivity contribution is 6.31. The lowest BCUT2D eigenvalue weighted by Gasteiger charge is -1.97. The molecule has 0 bridgehead atoms. The topological polar surface area (TPSA) is 47.0 Å². The zero-order chi connectivity index (χ0) is 9.14. The summed E-state index contributed by atoms with van der Waals surface area (Å²) in [4.78, 5) is 24.9. The van der Waals surface area contributed by atoms with E-state index in [4.69, 9.17) is 11.6 Å². The van der Waals surface area contributed by atoms with E-state index < -0.39 is 0 Å². The number of carbonyl (C=O) groups is 2. The maximum atomic E-state index is 10.8. The second kappa shape index (κ2) is 3.45. The number of nitrogens with zero attached hydrogens (tertiary/aromatic N) is 1. The number of aromatic nitrogens is 1. The summed E-state index contributed by atoms with van der Waals surface area (Å²) in [5.41, 5.74) is 0.630. The monoisotopic (exact) mass is 183 g/mol. The van der Waals surface area contributed by atoms with Crippen LogP contribution in [0.3, 0.4) is 0 Å². The van der Waals surface area contributed by atoms with Crippen LogP contribution in [0.4, 0.5) is 0 Å². The van der Waals surface area contributed by atoms with Gasteiger partial charge in [0, 0.05) is 11.8 Å². The smallest absolute Gasteiger partial charge is 0.161 e. The molecule has 0 aliphatic heterocycles. The second-order valence-corrected chi connectivity index (χ2v) is 2.64. The fraction of sp³-hybridized carbons (Fsp3) is 0.125. The second-order valence-electron chi connectivity index (χ2n) is 2.28. The van der Waals surface area contributed by atoms with Crippen molar-refractivity contribution in [1.82, 2.24) is 4.98 Å². The van der Waals surface area contributed by atoms with Crippen LogP contribution in [-0.4, -0.2) is 17.1 Å². The molecule has 1 heterocycles. The molecular formula is C8H6ClNO2. The number of pyridine rings is 1. The largest absolute Gasteiger partial charge is 0.298 e. The molecule has 4 heteroatoms. The molecule has 1 rings (SSSR count). The molecule has 1 aromatic rings. The number of ketones is 1. The van der Waals surface area contributed by atoms with E-state index in [1.54, 1.807) is 0 Å². The quantitative estimate of drug-likeness (QED) is 0.399. The molecule has 62 valence electrons. The molecular weight excluding hydrogens is 178 g/mol. The number of rotatable bonds is 2. The molecule has 0 aromatic carbocycles. The van der Waals surface area contributed by atoms with Gasteiger partial charge < -0.3 is 0 Å². The lowest BCUT2D eigenvalue weighted by molar-refractivity contribution is 0.101. The summed E-state index contributed by atoms with van der Waals surface area (Å²) in [5.74, 6) is -0.137. The molecule has 0 fully saturated rings. The standard InChI is InChI=1S/C8H6ClNO2/c1-5(12)6-2-7(4-11)8(9)10-3-6/h2-4H,1H3. The fourth-order valence-corrected chi connectivity index (χ4v) is 0.888. The van der Waals surface area contributed by atoms with E-state index >= 15 is 0 Å². The van der Waals surface area contributed by atoms with Gasteiger partial charge >= 0.3 is 0 Å². The first-order valence-corrected chi connectivity index (χ1v) is 3.64. The molecule has 0 unspecified atom stereocenters. The zero-order valence-corrected chi connectivity index (χ0v) is 7.13. The summed E-state index contributed by atoms with van der Waals surface area (Å²) in [7, 11) is 0. The average Bonchev–Trinajstić information content (AvgIpc) is 2.05. The summed E-state index contributed by atoms with van der Waals surface area (Å²) >= 11 is 5.55. The molecule has 1 aromatic heterocycles. The van der Waals surface area contributed by atoms with Gasteiger partial charge in [-0.2, -0.15) is 0 Å². The molecule has 0 atom stereocenters. The van der Waals surface area contributed by atoms with Gasteiger partial charge in [0.1, 0.15) is 5.15 Å². The third kappa shape index (κ3) is 1.68. The first kappa shape index (κ1) is 8.87. The van der Waals surface area contributed by atoms with E-state index in [1.165, 1.54) is 19.2 Å². The predicted molar refractivity (Wildman–Crippen MR) is 44.6 cm³/mol. The van der Waals surface area contributed by atoms with Crippen LogP contribution in [0, 0.1) is 0 Å². The van der Waals surface area contributed by atoms with Crippen LogP contribution in [0.25, 0.3) is 0 Å². The molecule has 0 saturated heterocycles. The summed E-state index contributed by atoms with van der Waals surface area (Å²) in [6, 6.07) is 1.42. The maximum Gasteiger partial charge on any atom is 0.161 e. The SMILES string of the molecule is CC(=O)c1cnc(Cl)c(C=O)c1. The normalized spacial score (nSPS) is 9.50. The maximum absolute atomic E-state index is 10.8. The Kier molecular flexibility index (Phi) is 2.55. The van der Waals surface area contributed by atoms with Crippen molar-refractivity contribution < 1.29 is 9.59 Å². The van der Waals surface area contributed by atoms with Gasteiger partial charge in [0.2, 0.25) is 0 Å². The van der Waals surface area contributed by atoms with Crippen LogP contribution in [0.15, 0.2) is 12.3 Å². The highest BCUT2D eigenvalue weighted by Gasteiger charge is 2.04. The number of carbonyl (C=O) groups excluding carboxylic acids is 2. The van der Waals surface area contributed by atoms with Crippen molar-refractivity contribution in [1.29, 1.82) is 0 Å². The van der Waals surface area contributed by atoms with Crippen molar-refractivity contribution >= 4 is 23.7 Å². The minimum atomic E-state index is -0.137. The van der Waals surface area contributed by atoms with Crippen molar-refractivity contribution in [2.24, 2.45) is 0 Å². The Labute approximate surface area is 74.4 Å². The molecule has 3 nitrogen and oxygen atoms in total. The van der Waals surface area contributed by atoms with Crippen molar-refractivity contribution in [3.63, 3.8) is 0 Å². The minimum absolute atomic E-state index is 0.120. The van der Waals surface area contributed by atoms with Gasteiger partial charge in [-0.15, -0.1) is 0 Å². The van der Waals surface area contributed by atoms with Gasteiger partial charge in [-0.3, -0.25) is 9.59 Å². The molecule has 0 N–H and O–H groups in total. The van der Waals surface area contributed by atoms with Gasteiger partial charge in [0.15, 0.2) is 12.1 Å². The van der Waals surface area contributed by atoms with Crippen molar-refractivity contribution in [3.05, 3.63) is 28.5 Å². The van der Waals surface area contributed by atoms with Crippen LogP contribution in [-0.2, 0) is 0 Å². The number of hydrogen-bond donors (Lipinski definition) is 0. The average molecular weight is 184 g/mol. The molecule has 0 saturated carbocycles. The van der Waals surface area contributed by atoms with Crippen LogP contribution >= 0.6 is 11.6 Å². The van der Waals surface area contributed by atoms with Crippen LogP contribution in [0.1, 0.15) is 27.6 Å². The van der Waals surface area contributed by atoms with E-state index in [0.29, 0.717) is 11.8 Å². The third-order valence-corrected chi connectivity index (χ3v) is 1.72. The lowest BCUT2D eigenvalue weighted by atomic mass is 10.1. The highest BCUT2D eigenvalue weighted by Crippen LogP contribution is 2.12. The van der Waals surface area contributed by atoms with Crippen molar-refractivity contribution in [3.8, 4) is 0 Å². The van der Waals surface area contributed by atoms with Crippen LogP contribution in [0.5, 0.6) is 0 Å². The first-order valence-electron chi connectivity index (χ1n) is 3.27. The first-order chi connectivity index (χ1) is 5.65.